The Bertz CT molecular complexity index is 938. The third-order valence-corrected chi connectivity index (χ3v) is 4.52. The lowest BCUT2D eigenvalue weighted by molar-refractivity contribution is -0.115. The van der Waals surface area contributed by atoms with Gasteiger partial charge in [0.2, 0.25) is 5.91 Å². The smallest absolute Gasteiger partial charge is 0.230 e. The Balaban J connectivity index is 1.58. The maximum absolute atomic E-state index is 13.4. The van der Waals surface area contributed by atoms with Crippen LogP contribution >= 0.6 is 0 Å². The number of benzene rings is 2. The molecule has 0 aliphatic carbocycles. The molecule has 0 bridgehead atoms. The average molecular weight is 385 g/mol. The van der Waals surface area contributed by atoms with Crippen LogP contribution in [0, 0.1) is 5.82 Å². The van der Waals surface area contributed by atoms with Crippen molar-refractivity contribution in [3.8, 4) is 5.75 Å². The topological polar surface area (TPSA) is 67.6 Å². The Hall–Kier alpha value is -2.93. The number of carbonyl (C=O) groups excluding carboxylic acids is 1. The van der Waals surface area contributed by atoms with Crippen LogP contribution in [-0.2, 0) is 11.2 Å². The molecule has 0 fully saturated rings. The zero-order valence-corrected chi connectivity index (χ0v) is 16.1. The number of hydrogen-bond acceptors (Lipinski definition) is 5. The van der Waals surface area contributed by atoms with E-state index in [9.17, 15) is 9.18 Å². The standard InChI is InChI=1S/C21H24FN3O3/c1-3-25(4-2)10-11-27-17-7-5-6-16(13-17)23-21(26)14-19-18-12-15(22)8-9-20(18)28-24-19/h5-9,12-13H,3-4,10-11,14H2,1-2H3,(H,23,26). The van der Waals surface area contributed by atoms with Gasteiger partial charge >= 0.3 is 0 Å². The first-order valence-electron chi connectivity index (χ1n) is 9.38. The zero-order chi connectivity index (χ0) is 19.9. The number of rotatable bonds is 9. The van der Waals surface area contributed by atoms with Crippen LogP contribution in [0.1, 0.15) is 19.5 Å². The van der Waals surface area contributed by atoms with Crippen molar-refractivity contribution in [2.75, 3.05) is 31.6 Å². The first-order valence-corrected chi connectivity index (χ1v) is 9.38. The van der Waals surface area contributed by atoms with Crippen LogP contribution in [0.2, 0.25) is 0 Å². The van der Waals surface area contributed by atoms with E-state index in [1.165, 1.54) is 18.2 Å². The minimum atomic E-state index is -0.396. The van der Waals surface area contributed by atoms with E-state index in [4.69, 9.17) is 9.26 Å². The fourth-order valence-corrected chi connectivity index (χ4v) is 2.94. The molecule has 0 radical (unpaired) electrons. The summed E-state index contributed by atoms with van der Waals surface area (Å²) in [7, 11) is 0. The van der Waals surface area contributed by atoms with Crippen molar-refractivity contribution in [1.82, 2.24) is 10.1 Å². The fourth-order valence-electron chi connectivity index (χ4n) is 2.94. The number of carbonyl (C=O) groups is 1. The van der Waals surface area contributed by atoms with Gasteiger partial charge in [0.15, 0.2) is 5.58 Å². The first-order chi connectivity index (χ1) is 13.6. The zero-order valence-electron chi connectivity index (χ0n) is 16.1. The van der Waals surface area contributed by atoms with E-state index in [2.05, 4.69) is 29.2 Å². The van der Waals surface area contributed by atoms with Crippen molar-refractivity contribution in [3.63, 3.8) is 0 Å². The molecule has 0 saturated heterocycles. The third-order valence-electron chi connectivity index (χ3n) is 4.52. The lowest BCUT2D eigenvalue weighted by Crippen LogP contribution is -2.27. The molecule has 7 heteroatoms. The van der Waals surface area contributed by atoms with Crippen molar-refractivity contribution in [2.24, 2.45) is 0 Å². The summed E-state index contributed by atoms with van der Waals surface area (Å²) in [5.74, 6) is 0.0329. The molecule has 0 aliphatic rings. The second-order valence-corrected chi connectivity index (χ2v) is 6.40. The predicted octanol–water partition coefficient (Wildman–Crippen LogP) is 3.87. The lowest BCUT2D eigenvalue weighted by atomic mass is 10.1. The van der Waals surface area contributed by atoms with Gasteiger partial charge in [-0.25, -0.2) is 4.39 Å². The molecule has 0 unspecified atom stereocenters. The van der Waals surface area contributed by atoms with E-state index in [-0.39, 0.29) is 12.3 Å². The number of ether oxygens (including phenoxy) is 1. The maximum atomic E-state index is 13.4. The van der Waals surface area contributed by atoms with Crippen LogP contribution in [0.4, 0.5) is 10.1 Å². The highest BCUT2D eigenvalue weighted by Crippen LogP contribution is 2.21. The molecule has 1 N–H and O–H groups in total. The van der Waals surface area contributed by atoms with Crippen LogP contribution in [0.5, 0.6) is 5.75 Å². The van der Waals surface area contributed by atoms with Gasteiger partial charge in [0.1, 0.15) is 23.9 Å². The molecule has 6 nitrogen and oxygen atoms in total. The van der Waals surface area contributed by atoms with Crippen molar-refractivity contribution >= 4 is 22.6 Å². The molecule has 28 heavy (non-hydrogen) atoms. The summed E-state index contributed by atoms with van der Waals surface area (Å²) < 4.78 is 24.3. The Labute approximate surface area is 163 Å². The largest absolute Gasteiger partial charge is 0.492 e. The van der Waals surface area contributed by atoms with Crippen molar-refractivity contribution in [2.45, 2.75) is 20.3 Å². The number of nitrogens with zero attached hydrogens (tertiary/aromatic N) is 2. The van der Waals surface area contributed by atoms with Gasteiger partial charge in [-0.05, 0) is 43.4 Å². The van der Waals surface area contributed by atoms with E-state index in [0.717, 1.165) is 19.6 Å². The van der Waals surface area contributed by atoms with Crippen LogP contribution in [0.15, 0.2) is 47.0 Å². The van der Waals surface area contributed by atoms with Gasteiger partial charge in [-0.3, -0.25) is 4.79 Å². The summed E-state index contributed by atoms with van der Waals surface area (Å²) in [4.78, 5) is 14.6. The molecule has 2 aromatic carbocycles. The number of fused-ring (bicyclic) bond motifs is 1. The van der Waals surface area contributed by atoms with Gasteiger partial charge in [0, 0.05) is 23.7 Å². The second-order valence-electron chi connectivity index (χ2n) is 6.40. The molecule has 0 spiro atoms. The fraction of sp³-hybridized carbons (Fsp3) is 0.333. The van der Waals surface area contributed by atoms with Gasteiger partial charge in [-0.1, -0.05) is 25.1 Å². The van der Waals surface area contributed by atoms with Crippen LogP contribution in [0.3, 0.4) is 0 Å². The molecule has 0 atom stereocenters. The lowest BCUT2D eigenvalue weighted by Gasteiger charge is -2.18. The molecule has 0 aliphatic heterocycles. The van der Waals surface area contributed by atoms with Gasteiger partial charge < -0.3 is 19.5 Å². The predicted molar refractivity (Wildman–Crippen MR) is 106 cm³/mol. The number of nitrogens with one attached hydrogen (secondary N) is 1. The van der Waals surface area contributed by atoms with Gasteiger partial charge in [0.25, 0.3) is 0 Å². The first kappa shape index (κ1) is 19.8. The monoisotopic (exact) mass is 385 g/mol. The maximum Gasteiger partial charge on any atom is 0.230 e. The van der Waals surface area contributed by atoms with E-state index in [1.807, 2.05) is 12.1 Å². The molecule has 0 saturated carbocycles. The summed E-state index contributed by atoms with van der Waals surface area (Å²) >= 11 is 0. The molecule has 1 amide bonds. The Morgan fingerprint density at radius 1 is 1.21 bits per heavy atom. The van der Waals surface area contributed by atoms with E-state index in [0.29, 0.717) is 34.7 Å². The molecule has 1 heterocycles. The Morgan fingerprint density at radius 2 is 2.04 bits per heavy atom. The van der Waals surface area contributed by atoms with Gasteiger partial charge in [-0.2, -0.15) is 0 Å². The Morgan fingerprint density at radius 3 is 2.82 bits per heavy atom. The van der Waals surface area contributed by atoms with E-state index < -0.39 is 5.82 Å². The van der Waals surface area contributed by atoms with Crippen LogP contribution < -0.4 is 10.1 Å². The van der Waals surface area contributed by atoms with Crippen molar-refractivity contribution < 1.29 is 18.4 Å². The molecule has 148 valence electrons. The van der Waals surface area contributed by atoms with E-state index >= 15 is 0 Å². The number of likely N-dealkylation sites (N-methyl/N-ethyl adjacent to an activating group) is 1. The molecule has 1 aromatic heterocycles. The summed E-state index contributed by atoms with van der Waals surface area (Å²) in [5, 5.41) is 7.20. The summed E-state index contributed by atoms with van der Waals surface area (Å²) in [6, 6.07) is 11.4. The summed E-state index contributed by atoms with van der Waals surface area (Å²) in [5.41, 5.74) is 1.48. The van der Waals surface area contributed by atoms with E-state index in [1.54, 1.807) is 12.1 Å². The minimum absolute atomic E-state index is 0.0104. The highest BCUT2D eigenvalue weighted by molar-refractivity contribution is 5.94. The Kier molecular flexibility index (Phi) is 6.60. The minimum Gasteiger partial charge on any atom is -0.492 e. The second kappa shape index (κ2) is 9.32. The van der Waals surface area contributed by atoms with Gasteiger partial charge in [-0.15, -0.1) is 0 Å². The molecule has 3 rings (SSSR count). The summed E-state index contributed by atoms with van der Waals surface area (Å²) in [6.45, 7) is 7.63. The highest BCUT2D eigenvalue weighted by Gasteiger charge is 2.13. The average Bonchev–Trinajstić information content (AvgIpc) is 3.07. The van der Waals surface area contributed by atoms with Crippen LogP contribution in [-0.4, -0.2) is 42.2 Å². The molecule has 3 aromatic rings. The number of hydrogen-bond donors (Lipinski definition) is 1. The SMILES string of the molecule is CCN(CC)CCOc1cccc(NC(=O)Cc2noc3ccc(F)cc23)c1. The van der Waals surface area contributed by atoms with Crippen LogP contribution in [0.25, 0.3) is 11.0 Å². The molecular weight excluding hydrogens is 361 g/mol. The van der Waals surface area contributed by atoms with Crippen molar-refractivity contribution in [1.29, 1.82) is 0 Å². The summed E-state index contributed by atoms with van der Waals surface area (Å²) in [6.07, 6.45) is -0.0104. The quantitative estimate of drug-likeness (QED) is 0.606. The number of anilines is 1. The number of halogens is 1. The third kappa shape index (κ3) is 5.07. The number of amides is 1. The normalized spacial score (nSPS) is 11.1. The highest BCUT2D eigenvalue weighted by atomic mass is 19.1. The molecular formula is C21H24FN3O3. The number of aromatic nitrogens is 1. The van der Waals surface area contributed by atoms with Crippen molar-refractivity contribution in [3.05, 3.63) is 54.0 Å². The van der Waals surface area contributed by atoms with Gasteiger partial charge in [0.05, 0.1) is 6.42 Å².